The van der Waals surface area contributed by atoms with Gasteiger partial charge < -0.3 is 4.90 Å². The van der Waals surface area contributed by atoms with Crippen LogP contribution in [-0.2, 0) is 9.59 Å². The van der Waals surface area contributed by atoms with Crippen molar-refractivity contribution >= 4 is 23.7 Å². The second kappa shape index (κ2) is 11.8. The van der Waals surface area contributed by atoms with Crippen molar-refractivity contribution in [2.24, 2.45) is 0 Å². The average Bonchev–Trinajstić information content (AvgIpc) is 2.72. The molecule has 0 fully saturated rings. The third kappa shape index (κ3) is 8.43. The van der Waals surface area contributed by atoms with Gasteiger partial charge in [-0.1, -0.05) is 79.7 Å². The summed E-state index contributed by atoms with van der Waals surface area (Å²) in [4.78, 5) is 26.2. The highest BCUT2D eigenvalue weighted by atomic mass is 16.1. The minimum atomic E-state index is 0.104. The summed E-state index contributed by atoms with van der Waals surface area (Å²) in [6.07, 6.45) is 7.89. The Balaban J connectivity index is 1.71. The number of hydrogen-bond donors (Lipinski definition) is 0. The van der Waals surface area contributed by atoms with Crippen molar-refractivity contribution in [1.29, 1.82) is 0 Å². The van der Waals surface area contributed by atoms with Gasteiger partial charge in [0.15, 0.2) is 11.6 Å². The molecule has 0 amide bonds. The average molecular weight is 361 g/mol. The summed E-state index contributed by atoms with van der Waals surface area (Å²) in [7, 11) is 0. The lowest BCUT2D eigenvalue weighted by molar-refractivity contribution is -0.114. The van der Waals surface area contributed by atoms with Crippen molar-refractivity contribution in [2.75, 3.05) is 19.6 Å². The van der Waals surface area contributed by atoms with E-state index in [1.54, 1.807) is 12.2 Å². The van der Waals surface area contributed by atoms with Crippen LogP contribution in [0.1, 0.15) is 30.9 Å². The summed E-state index contributed by atoms with van der Waals surface area (Å²) in [5.74, 6) is 0.209. The number of hydrogen-bond acceptors (Lipinski definition) is 3. The molecule has 0 aliphatic rings. The molecule has 2 aromatic carbocycles. The Morgan fingerprint density at radius 2 is 1.15 bits per heavy atom. The molecule has 3 nitrogen and oxygen atoms in total. The fourth-order valence-corrected chi connectivity index (χ4v) is 2.64. The highest BCUT2D eigenvalue weighted by Crippen LogP contribution is 2.04. The van der Waals surface area contributed by atoms with Crippen LogP contribution in [0.25, 0.3) is 12.2 Å². The summed E-state index contributed by atoms with van der Waals surface area (Å²) >= 11 is 0. The minimum absolute atomic E-state index is 0.104. The number of ketones is 2. The maximum Gasteiger partial charge on any atom is 0.156 e. The van der Waals surface area contributed by atoms with E-state index >= 15 is 0 Å². The lowest BCUT2D eigenvalue weighted by Gasteiger charge is -2.18. The molecule has 0 saturated carbocycles. The Bertz CT molecular complexity index is 698. The van der Waals surface area contributed by atoms with Gasteiger partial charge in [-0.05, 0) is 29.8 Å². The van der Waals surface area contributed by atoms with E-state index in [1.165, 1.54) is 0 Å². The van der Waals surface area contributed by atoms with E-state index in [-0.39, 0.29) is 11.6 Å². The molecule has 0 aliphatic heterocycles. The predicted octanol–water partition coefficient (Wildman–Crippen LogP) is 4.65. The summed E-state index contributed by atoms with van der Waals surface area (Å²) in [5.41, 5.74) is 2.04. The molecule has 0 radical (unpaired) electrons. The van der Waals surface area contributed by atoms with Gasteiger partial charge in [0, 0.05) is 25.9 Å². The van der Waals surface area contributed by atoms with Gasteiger partial charge in [0.05, 0.1) is 0 Å². The molecule has 0 spiro atoms. The van der Waals surface area contributed by atoms with Crippen LogP contribution in [0, 0.1) is 0 Å². The van der Waals surface area contributed by atoms with E-state index < -0.39 is 0 Å². The van der Waals surface area contributed by atoms with E-state index in [1.807, 2.05) is 72.8 Å². The molecule has 0 saturated heterocycles. The molecule has 0 N–H and O–H groups in total. The Labute approximate surface area is 162 Å². The number of carbonyl (C=O) groups excluding carboxylic acids is 2. The molecule has 0 bridgehead atoms. The smallest absolute Gasteiger partial charge is 0.156 e. The second-order valence-corrected chi connectivity index (χ2v) is 6.35. The quantitative estimate of drug-likeness (QED) is 0.547. The van der Waals surface area contributed by atoms with E-state index in [0.717, 1.165) is 17.7 Å². The third-order valence-electron chi connectivity index (χ3n) is 4.32. The van der Waals surface area contributed by atoms with Crippen LogP contribution in [0.2, 0.25) is 0 Å². The highest BCUT2D eigenvalue weighted by molar-refractivity contribution is 5.94. The van der Waals surface area contributed by atoms with Crippen molar-refractivity contribution in [3.05, 3.63) is 83.9 Å². The van der Waals surface area contributed by atoms with E-state index in [4.69, 9.17) is 0 Å². The molecule has 0 aromatic heterocycles. The third-order valence-corrected chi connectivity index (χ3v) is 4.32. The second-order valence-electron chi connectivity index (χ2n) is 6.35. The number of rotatable bonds is 11. The topological polar surface area (TPSA) is 37.4 Å². The Morgan fingerprint density at radius 3 is 1.52 bits per heavy atom. The molecule has 140 valence electrons. The van der Waals surface area contributed by atoms with Crippen LogP contribution >= 0.6 is 0 Å². The molecule has 0 aliphatic carbocycles. The van der Waals surface area contributed by atoms with Crippen molar-refractivity contribution in [2.45, 2.75) is 19.8 Å². The van der Waals surface area contributed by atoms with Crippen LogP contribution in [0.4, 0.5) is 0 Å². The lowest BCUT2D eigenvalue weighted by atomic mass is 10.1. The zero-order valence-electron chi connectivity index (χ0n) is 15.9. The lowest BCUT2D eigenvalue weighted by Crippen LogP contribution is -2.28. The zero-order chi connectivity index (χ0) is 19.3. The van der Waals surface area contributed by atoms with Gasteiger partial charge in [-0.15, -0.1) is 0 Å². The van der Waals surface area contributed by atoms with Crippen molar-refractivity contribution in [1.82, 2.24) is 4.90 Å². The largest absolute Gasteiger partial charge is 0.303 e. The summed E-state index contributed by atoms with van der Waals surface area (Å²) in [6.45, 7) is 4.22. The van der Waals surface area contributed by atoms with Gasteiger partial charge in [-0.2, -0.15) is 0 Å². The Morgan fingerprint density at radius 1 is 0.741 bits per heavy atom. The maximum absolute atomic E-state index is 12.0. The summed E-state index contributed by atoms with van der Waals surface area (Å²) in [5, 5.41) is 0. The molecule has 2 rings (SSSR count). The molecule has 3 heteroatoms. The number of benzene rings is 2. The molecule has 0 atom stereocenters. The van der Waals surface area contributed by atoms with Crippen LogP contribution in [0.15, 0.2) is 72.8 Å². The standard InChI is InChI=1S/C24H27NO2/c1-2-25(19-17-23(26)15-13-21-9-5-3-6-10-21)20-18-24(27)16-14-22-11-7-4-8-12-22/h3-16H,2,17-20H2,1H3. The first-order valence-corrected chi connectivity index (χ1v) is 9.41. The van der Waals surface area contributed by atoms with Crippen LogP contribution < -0.4 is 0 Å². The van der Waals surface area contributed by atoms with Crippen molar-refractivity contribution in [3.8, 4) is 0 Å². The molecule has 0 unspecified atom stereocenters. The normalized spacial score (nSPS) is 11.5. The first-order valence-electron chi connectivity index (χ1n) is 9.41. The van der Waals surface area contributed by atoms with E-state index in [9.17, 15) is 9.59 Å². The SMILES string of the molecule is CCN(CCC(=O)C=Cc1ccccc1)CCC(=O)C=Cc1ccccc1. The number of carbonyl (C=O) groups is 2. The first-order chi connectivity index (χ1) is 13.2. The highest BCUT2D eigenvalue weighted by Gasteiger charge is 2.07. The summed E-state index contributed by atoms with van der Waals surface area (Å²) in [6, 6.07) is 19.6. The van der Waals surface area contributed by atoms with E-state index in [2.05, 4.69) is 11.8 Å². The van der Waals surface area contributed by atoms with Crippen molar-refractivity contribution in [3.63, 3.8) is 0 Å². The zero-order valence-corrected chi connectivity index (χ0v) is 15.9. The Hall–Kier alpha value is -2.78. The number of nitrogens with zero attached hydrogens (tertiary/aromatic N) is 1. The fourth-order valence-electron chi connectivity index (χ4n) is 2.64. The van der Waals surface area contributed by atoms with Gasteiger partial charge in [0.1, 0.15) is 0 Å². The van der Waals surface area contributed by atoms with Gasteiger partial charge in [0.25, 0.3) is 0 Å². The molecule has 0 heterocycles. The van der Waals surface area contributed by atoms with Gasteiger partial charge in [-0.3, -0.25) is 9.59 Å². The fraction of sp³-hybridized carbons (Fsp3) is 0.250. The monoisotopic (exact) mass is 361 g/mol. The molecule has 27 heavy (non-hydrogen) atoms. The van der Waals surface area contributed by atoms with Crippen LogP contribution in [0.3, 0.4) is 0 Å². The van der Waals surface area contributed by atoms with Gasteiger partial charge in [0.2, 0.25) is 0 Å². The number of allylic oxidation sites excluding steroid dienone is 2. The van der Waals surface area contributed by atoms with Crippen LogP contribution in [-0.4, -0.2) is 36.1 Å². The molecular formula is C24H27NO2. The van der Waals surface area contributed by atoms with Gasteiger partial charge in [-0.25, -0.2) is 0 Å². The first kappa shape index (κ1) is 20.5. The van der Waals surface area contributed by atoms with Crippen LogP contribution in [0.5, 0.6) is 0 Å². The van der Waals surface area contributed by atoms with Crippen molar-refractivity contribution < 1.29 is 9.59 Å². The maximum atomic E-state index is 12.0. The predicted molar refractivity (Wildman–Crippen MR) is 112 cm³/mol. The molecule has 2 aromatic rings. The van der Waals surface area contributed by atoms with Gasteiger partial charge >= 0.3 is 0 Å². The Kier molecular flexibility index (Phi) is 8.94. The van der Waals surface area contributed by atoms with E-state index in [0.29, 0.717) is 25.9 Å². The molecular weight excluding hydrogens is 334 g/mol. The minimum Gasteiger partial charge on any atom is -0.303 e. The summed E-state index contributed by atoms with van der Waals surface area (Å²) < 4.78 is 0.